The van der Waals surface area contributed by atoms with Crippen molar-refractivity contribution in [3.8, 4) is 17.1 Å². The zero-order valence-corrected chi connectivity index (χ0v) is 19.5. The third-order valence-electron chi connectivity index (χ3n) is 5.66. The van der Waals surface area contributed by atoms with Gasteiger partial charge in [-0.3, -0.25) is 9.36 Å². The first-order valence-corrected chi connectivity index (χ1v) is 12.4. The zero-order chi connectivity index (χ0) is 22.9. The molecule has 0 N–H and O–H groups in total. The second-order valence-corrected chi connectivity index (χ2v) is 9.46. The lowest BCUT2D eigenvalue weighted by molar-refractivity contribution is 0.0303. The van der Waals surface area contributed by atoms with E-state index in [2.05, 4.69) is 9.97 Å². The second kappa shape index (κ2) is 9.15. The molecule has 1 fully saturated rings. The molecule has 9 heteroatoms. The van der Waals surface area contributed by atoms with Crippen molar-refractivity contribution in [1.29, 1.82) is 0 Å². The van der Waals surface area contributed by atoms with E-state index in [4.69, 9.17) is 16.3 Å². The fourth-order valence-corrected chi connectivity index (χ4v) is 4.93. The van der Waals surface area contributed by atoms with Gasteiger partial charge in [-0.2, -0.15) is 0 Å². The molecule has 33 heavy (non-hydrogen) atoms. The van der Waals surface area contributed by atoms with Crippen molar-refractivity contribution in [3.63, 3.8) is 0 Å². The van der Waals surface area contributed by atoms with Gasteiger partial charge >= 0.3 is 0 Å². The number of aromatic nitrogens is 3. The van der Waals surface area contributed by atoms with Gasteiger partial charge in [0.15, 0.2) is 4.90 Å². The monoisotopic (exact) mass is 480 g/mol. The van der Waals surface area contributed by atoms with Gasteiger partial charge in [0.2, 0.25) is 5.95 Å². The van der Waals surface area contributed by atoms with Gasteiger partial charge in [0, 0.05) is 47.2 Å². The summed E-state index contributed by atoms with van der Waals surface area (Å²) in [5, 5.41) is 1.42. The molecular weight excluding hydrogens is 460 g/mol. The van der Waals surface area contributed by atoms with E-state index in [-0.39, 0.29) is 5.91 Å². The quantitative estimate of drug-likeness (QED) is 0.413. The third-order valence-corrected chi connectivity index (χ3v) is 6.94. The number of rotatable bonds is 4. The number of hydrogen-bond donors (Lipinski definition) is 0. The predicted octanol–water partition coefficient (Wildman–Crippen LogP) is 3.95. The van der Waals surface area contributed by atoms with E-state index in [1.807, 2.05) is 36.4 Å². The van der Waals surface area contributed by atoms with Crippen molar-refractivity contribution in [2.24, 2.45) is 0 Å². The van der Waals surface area contributed by atoms with Crippen LogP contribution in [0.3, 0.4) is 0 Å². The number of ether oxygens (including phenoxy) is 1. The average Bonchev–Trinajstić information content (AvgIpc) is 3.24. The Kier molecular flexibility index (Phi) is 6.07. The number of fused-ring (bicyclic) bond motifs is 1. The van der Waals surface area contributed by atoms with Crippen molar-refractivity contribution in [1.82, 2.24) is 19.4 Å². The van der Waals surface area contributed by atoms with Crippen molar-refractivity contribution < 1.29 is 14.1 Å². The summed E-state index contributed by atoms with van der Waals surface area (Å²) in [4.78, 5) is 24.5. The maximum Gasteiger partial charge on any atom is 0.254 e. The number of benzene rings is 2. The van der Waals surface area contributed by atoms with Crippen LogP contribution < -0.4 is 0 Å². The van der Waals surface area contributed by atoms with Crippen molar-refractivity contribution in [3.05, 3.63) is 71.6 Å². The van der Waals surface area contributed by atoms with Crippen LogP contribution in [0, 0.1) is 0 Å². The van der Waals surface area contributed by atoms with Crippen LogP contribution in [0.1, 0.15) is 10.4 Å². The standard InChI is InChI=1S/C24H21ClN4O3S/c1-33(31)22-15-29(24-26-13-17(14-27-24)18-4-2-3-5-20(18)25)21-12-16(6-7-19(21)22)23(30)28-8-10-32-11-9-28/h2-7,12-15H,8-11H2,1H3. The zero-order valence-electron chi connectivity index (χ0n) is 17.9. The molecule has 0 radical (unpaired) electrons. The average molecular weight is 481 g/mol. The maximum absolute atomic E-state index is 13.0. The van der Waals surface area contributed by atoms with E-state index in [1.54, 1.807) is 40.4 Å². The van der Waals surface area contributed by atoms with E-state index >= 15 is 0 Å². The number of nitrogens with zero attached hydrogens (tertiary/aromatic N) is 4. The minimum absolute atomic E-state index is 0.0536. The summed E-state index contributed by atoms with van der Waals surface area (Å²) in [5.74, 6) is 0.366. The first-order chi connectivity index (χ1) is 16.0. The molecule has 1 aliphatic rings. The highest BCUT2D eigenvalue weighted by Gasteiger charge is 2.23. The van der Waals surface area contributed by atoms with Gasteiger partial charge in [0.1, 0.15) is 6.26 Å². The largest absolute Gasteiger partial charge is 0.612 e. The smallest absolute Gasteiger partial charge is 0.254 e. The summed E-state index contributed by atoms with van der Waals surface area (Å²) in [6, 6.07) is 12.9. The minimum Gasteiger partial charge on any atom is -0.612 e. The van der Waals surface area contributed by atoms with E-state index in [0.29, 0.717) is 47.7 Å². The first-order valence-electron chi connectivity index (χ1n) is 10.5. The Morgan fingerprint density at radius 3 is 2.55 bits per heavy atom. The number of halogens is 1. The Hall–Kier alpha value is -2.91. The van der Waals surface area contributed by atoms with E-state index in [9.17, 15) is 9.35 Å². The Morgan fingerprint density at radius 1 is 1.12 bits per heavy atom. The van der Waals surface area contributed by atoms with Gasteiger partial charge in [0.05, 0.1) is 30.3 Å². The van der Waals surface area contributed by atoms with E-state index in [0.717, 1.165) is 22.0 Å². The normalized spacial score (nSPS) is 15.1. The lowest BCUT2D eigenvalue weighted by Gasteiger charge is -2.26. The van der Waals surface area contributed by atoms with Crippen LogP contribution in [-0.2, 0) is 15.9 Å². The molecule has 0 spiro atoms. The van der Waals surface area contributed by atoms with Gasteiger partial charge < -0.3 is 14.2 Å². The van der Waals surface area contributed by atoms with Crippen LogP contribution in [0.15, 0.2) is 66.0 Å². The van der Waals surface area contributed by atoms with Gasteiger partial charge in [-0.25, -0.2) is 9.97 Å². The highest BCUT2D eigenvalue weighted by Crippen LogP contribution is 2.30. The molecule has 7 nitrogen and oxygen atoms in total. The maximum atomic E-state index is 13.0. The highest BCUT2D eigenvalue weighted by molar-refractivity contribution is 7.91. The molecule has 168 valence electrons. The van der Waals surface area contributed by atoms with Crippen LogP contribution in [0.2, 0.25) is 5.02 Å². The fourth-order valence-electron chi connectivity index (χ4n) is 3.95. The van der Waals surface area contributed by atoms with E-state index < -0.39 is 11.2 Å². The van der Waals surface area contributed by atoms with Gasteiger partial charge in [0.25, 0.3) is 5.91 Å². The molecule has 2 aromatic carbocycles. The molecule has 0 bridgehead atoms. The molecule has 1 atom stereocenters. The summed E-state index contributed by atoms with van der Waals surface area (Å²) in [6.45, 7) is 2.20. The van der Waals surface area contributed by atoms with Crippen LogP contribution in [0.25, 0.3) is 28.0 Å². The lowest BCUT2D eigenvalue weighted by atomic mass is 10.1. The summed E-state index contributed by atoms with van der Waals surface area (Å²) in [7, 11) is 0. The van der Waals surface area contributed by atoms with Gasteiger partial charge in [-0.15, -0.1) is 0 Å². The molecule has 3 heterocycles. The fraction of sp³-hybridized carbons (Fsp3) is 0.208. The number of carbonyl (C=O) groups excluding carboxylic acids is 1. The summed E-state index contributed by atoms with van der Waals surface area (Å²) in [5.41, 5.74) is 2.93. The van der Waals surface area contributed by atoms with Gasteiger partial charge in [-0.1, -0.05) is 29.8 Å². The number of hydrogen-bond acceptors (Lipinski definition) is 5. The van der Waals surface area contributed by atoms with Crippen molar-refractivity contribution in [2.45, 2.75) is 4.90 Å². The molecular formula is C24H21ClN4O3S. The van der Waals surface area contributed by atoms with Gasteiger partial charge in [-0.05, 0) is 35.4 Å². The number of amides is 1. The third kappa shape index (κ3) is 4.22. The van der Waals surface area contributed by atoms with E-state index in [1.165, 1.54) is 0 Å². The summed E-state index contributed by atoms with van der Waals surface area (Å²) in [6.07, 6.45) is 6.82. The van der Waals surface area contributed by atoms with Crippen LogP contribution in [-0.4, -0.2) is 62.5 Å². The first kappa shape index (κ1) is 21.9. The van der Waals surface area contributed by atoms with Crippen molar-refractivity contribution >= 4 is 39.6 Å². The number of morpholine rings is 1. The molecule has 4 aromatic rings. The molecule has 0 saturated carbocycles. The topological polar surface area (TPSA) is 83.3 Å². The second-order valence-electron chi connectivity index (χ2n) is 7.71. The molecule has 1 saturated heterocycles. The molecule has 1 aliphatic heterocycles. The molecule has 5 rings (SSSR count). The van der Waals surface area contributed by atoms with Crippen LogP contribution >= 0.6 is 11.6 Å². The molecule has 2 aromatic heterocycles. The molecule has 1 amide bonds. The predicted molar refractivity (Wildman–Crippen MR) is 128 cm³/mol. The Bertz CT molecular complexity index is 1320. The Labute approximate surface area is 199 Å². The highest BCUT2D eigenvalue weighted by atomic mass is 35.5. The summed E-state index contributed by atoms with van der Waals surface area (Å²) < 4.78 is 19.5. The Morgan fingerprint density at radius 2 is 1.85 bits per heavy atom. The van der Waals surface area contributed by atoms with Crippen LogP contribution in [0.4, 0.5) is 0 Å². The lowest BCUT2D eigenvalue weighted by Crippen LogP contribution is -2.40. The molecule has 1 unspecified atom stereocenters. The van der Waals surface area contributed by atoms with Crippen molar-refractivity contribution in [2.75, 3.05) is 32.6 Å². The SMILES string of the molecule is C[S+]([O-])c1cn(-c2ncc(-c3ccccc3Cl)cn2)c2cc(C(=O)N3CCOCC3)ccc12. The summed E-state index contributed by atoms with van der Waals surface area (Å²) >= 11 is 5.08. The molecule has 0 aliphatic carbocycles. The van der Waals surface area contributed by atoms with Crippen LogP contribution in [0.5, 0.6) is 0 Å². The minimum atomic E-state index is -1.22. The number of carbonyl (C=O) groups is 1. The Balaban J connectivity index is 1.56.